The van der Waals surface area contributed by atoms with E-state index in [0.29, 0.717) is 5.00 Å². The van der Waals surface area contributed by atoms with Crippen molar-refractivity contribution in [2.75, 3.05) is 24.3 Å². The van der Waals surface area contributed by atoms with Crippen LogP contribution in [-0.2, 0) is 0 Å². The van der Waals surface area contributed by atoms with Gasteiger partial charge >= 0.3 is 0 Å². The lowest BCUT2D eigenvalue weighted by atomic mass is 10.1. The molecule has 0 radical (unpaired) electrons. The van der Waals surface area contributed by atoms with E-state index in [2.05, 4.69) is 20.7 Å². The van der Waals surface area contributed by atoms with Crippen molar-refractivity contribution in [3.8, 4) is 11.9 Å². The molecule has 2 N–H and O–H groups in total. The lowest BCUT2D eigenvalue weighted by Gasteiger charge is -2.17. The average Bonchev–Trinajstić information content (AvgIpc) is 2.87. The van der Waals surface area contributed by atoms with Gasteiger partial charge in [-0.15, -0.1) is 0 Å². The molecule has 0 bridgehead atoms. The Balaban J connectivity index is 2.13. The van der Waals surface area contributed by atoms with Crippen LogP contribution in [-0.4, -0.2) is 23.6 Å². The fourth-order valence-electron chi connectivity index (χ4n) is 2.37. The Morgan fingerprint density at radius 2 is 1.91 bits per heavy atom. The van der Waals surface area contributed by atoms with Gasteiger partial charge in [0.1, 0.15) is 11.1 Å². The van der Waals surface area contributed by atoms with Crippen molar-refractivity contribution >= 4 is 38.7 Å². The molecule has 0 aliphatic heterocycles. The molecule has 0 atom stereocenters. The number of hydrogen-bond acceptors (Lipinski definition) is 6. The van der Waals surface area contributed by atoms with Crippen molar-refractivity contribution in [2.24, 2.45) is 0 Å². The molecule has 0 spiro atoms. The lowest BCUT2D eigenvalue weighted by molar-refractivity contribution is 0.458. The minimum atomic E-state index is -0.232. The Hall–Kier alpha value is -2.78. The van der Waals surface area contributed by atoms with E-state index < -0.39 is 0 Å². The number of nitrogens with zero attached hydrogens (tertiary/aromatic N) is 3. The fourth-order valence-corrected chi connectivity index (χ4v) is 3.03. The highest BCUT2D eigenvalue weighted by Gasteiger charge is 2.14. The Kier molecular flexibility index (Phi) is 3.57. The maximum absolute atomic E-state index is 9.57. The molecule has 1 aromatic heterocycles. The van der Waals surface area contributed by atoms with Crippen molar-refractivity contribution < 1.29 is 5.11 Å². The zero-order valence-corrected chi connectivity index (χ0v) is 13.0. The number of anilines is 3. The zero-order chi connectivity index (χ0) is 15.7. The standard InChI is InChI=1S/C16H14N4OS/c1-20(2)14-8-7-13(10-5-3-4-6-11(10)14)18-16-12(9-17)15(21)19-22-16/h3-8,18H,1-2H3,(H,19,21). The first-order chi connectivity index (χ1) is 10.6. The maximum atomic E-state index is 9.57. The molecule has 0 aliphatic rings. The van der Waals surface area contributed by atoms with Gasteiger partial charge in [-0.2, -0.15) is 9.64 Å². The highest BCUT2D eigenvalue weighted by molar-refractivity contribution is 7.10. The maximum Gasteiger partial charge on any atom is 0.243 e. The van der Waals surface area contributed by atoms with E-state index in [1.165, 1.54) is 0 Å². The monoisotopic (exact) mass is 310 g/mol. The number of benzene rings is 2. The summed E-state index contributed by atoms with van der Waals surface area (Å²) < 4.78 is 3.81. The van der Waals surface area contributed by atoms with Gasteiger partial charge in [0.15, 0.2) is 5.56 Å². The Morgan fingerprint density at radius 1 is 1.18 bits per heavy atom. The van der Waals surface area contributed by atoms with Crippen molar-refractivity contribution in [2.45, 2.75) is 0 Å². The molecule has 3 aromatic rings. The first kappa shape index (κ1) is 14.2. The first-order valence-electron chi connectivity index (χ1n) is 6.66. The largest absolute Gasteiger partial charge is 0.492 e. The van der Waals surface area contributed by atoms with Crippen LogP contribution >= 0.6 is 11.5 Å². The van der Waals surface area contributed by atoms with Gasteiger partial charge in [0.2, 0.25) is 5.88 Å². The van der Waals surface area contributed by atoms with Crippen molar-refractivity contribution in [3.63, 3.8) is 0 Å². The van der Waals surface area contributed by atoms with E-state index in [9.17, 15) is 5.11 Å². The van der Waals surface area contributed by atoms with Gasteiger partial charge in [-0.05, 0) is 23.7 Å². The summed E-state index contributed by atoms with van der Waals surface area (Å²) in [4.78, 5) is 2.06. The zero-order valence-electron chi connectivity index (χ0n) is 12.2. The second kappa shape index (κ2) is 5.54. The third-order valence-electron chi connectivity index (χ3n) is 3.42. The average molecular weight is 310 g/mol. The molecule has 5 nitrogen and oxygen atoms in total. The third kappa shape index (κ3) is 2.32. The highest BCUT2D eigenvalue weighted by atomic mass is 32.1. The van der Waals surface area contributed by atoms with Crippen LogP contribution in [0, 0.1) is 11.3 Å². The molecule has 22 heavy (non-hydrogen) atoms. The highest BCUT2D eigenvalue weighted by Crippen LogP contribution is 2.36. The van der Waals surface area contributed by atoms with E-state index in [1.807, 2.05) is 50.5 Å². The number of nitriles is 1. The predicted molar refractivity (Wildman–Crippen MR) is 90.1 cm³/mol. The summed E-state index contributed by atoms with van der Waals surface area (Å²) in [5.41, 5.74) is 2.17. The molecule has 110 valence electrons. The van der Waals surface area contributed by atoms with Crippen LogP contribution in [0.1, 0.15) is 5.56 Å². The number of fused-ring (bicyclic) bond motifs is 1. The molecular weight excluding hydrogens is 296 g/mol. The smallest absolute Gasteiger partial charge is 0.243 e. The number of rotatable bonds is 3. The Labute approximate surface area is 132 Å². The summed E-state index contributed by atoms with van der Waals surface area (Å²) in [5, 5.41) is 24.6. The van der Waals surface area contributed by atoms with Gasteiger partial charge < -0.3 is 15.3 Å². The van der Waals surface area contributed by atoms with E-state index in [-0.39, 0.29) is 11.4 Å². The molecule has 0 amide bonds. The summed E-state index contributed by atoms with van der Waals surface area (Å²) in [6.45, 7) is 0. The molecular formula is C16H14N4OS. The normalized spacial score (nSPS) is 10.4. The summed E-state index contributed by atoms with van der Waals surface area (Å²) in [6.07, 6.45) is 0. The molecule has 1 heterocycles. The summed E-state index contributed by atoms with van der Waals surface area (Å²) in [7, 11) is 4.01. The van der Waals surface area contributed by atoms with Gasteiger partial charge in [-0.25, -0.2) is 0 Å². The Morgan fingerprint density at radius 3 is 2.59 bits per heavy atom. The van der Waals surface area contributed by atoms with Gasteiger partial charge in [-0.1, -0.05) is 24.3 Å². The van der Waals surface area contributed by atoms with E-state index >= 15 is 0 Å². The fraction of sp³-hybridized carbons (Fsp3) is 0.125. The van der Waals surface area contributed by atoms with E-state index in [4.69, 9.17) is 5.26 Å². The molecule has 0 aliphatic carbocycles. The van der Waals surface area contributed by atoms with Gasteiger partial charge in [0.25, 0.3) is 0 Å². The van der Waals surface area contributed by atoms with Crippen LogP contribution in [0.4, 0.5) is 16.4 Å². The summed E-state index contributed by atoms with van der Waals surface area (Å²) in [6, 6.07) is 14.0. The summed E-state index contributed by atoms with van der Waals surface area (Å²) in [5.74, 6) is -0.232. The number of aromatic nitrogens is 1. The van der Waals surface area contributed by atoms with Crippen LogP contribution in [0.15, 0.2) is 36.4 Å². The topological polar surface area (TPSA) is 72.2 Å². The van der Waals surface area contributed by atoms with Crippen molar-refractivity contribution in [1.29, 1.82) is 5.26 Å². The van der Waals surface area contributed by atoms with Crippen molar-refractivity contribution in [3.05, 3.63) is 42.0 Å². The van der Waals surface area contributed by atoms with Crippen molar-refractivity contribution in [1.82, 2.24) is 4.37 Å². The quantitative estimate of drug-likeness (QED) is 0.772. The molecule has 0 unspecified atom stereocenters. The van der Waals surface area contributed by atoms with Crippen LogP contribution in [0.2, 0.25) is 0 Å². The van der Waals surface area contributed by atoms with Gasteiger partial charge in [0.05, 0.1) is 0 Å². The second-order valence-electron chi connectivity index (χ2n) is 5.02. The molecule has 3 rings (SSSR count). The van der Waals surface area contributed by atoms with E-state index in [1.54, 1.807) is 0 Å². The minimum Gasteiger partial charge on any atom is -0.492 e. The molecule has 6 heteroatoms. The lowest BCUT2D eigenvalue weighted by Crippen LogP contribution is -2.09. The van der Waals surface area contributed by atoms with Crippen LogP contribution < -0.4 is 10.2 Å². The van der Waals surface area contributed by atoms with Gasteiger partial charge in [-0.3, -0.25) is 0 Å². The number of nitrogens with one attached hydrogen (secondary N) is 1. The van der Waals surface area contributed by atoms with Crippen LogP contribution in [0.5, 0.6) is 5.88 Å². The third-order valence-corrected chi connectivity index (χ3v) is 4.17. The molecule has 0 saturated heterocycles. The van der Waals surface area contributed by atoms with E-state index in [0.717, 1.165) is 33.7 Å². The molecule has 0 saturated carbocycles. The van der Waals surface area contributed by atoms with Crippen LogP contribution in [0.25, 0.3) is 10.8 Å². The second-order valence-corrected chi connectivity index (χ2v) is 5.79. The SMILES string of the molecule is CN(C)c1ccc(Nc2snc(O)c2C#N)c2ccccc12. The predicted octanol–water partition coefficient (Wildman–Crippen LogP) is 3.68. The molecule has 2 aromatic carbocycles. The van der Waals surface area contributed by atoms with Gasteiger partial charge in [0, 0.05) is 36.2 Å². The van der Waals surface area contributed by atoms with Crippen LogP contribution in [0.3, 0.4) is 0 Å². The number of aromatic hydroxyl groups is 1. The summed E-state index contributed by atoms with van der Waals surface area (Å²) >= 11 is 1.07. The Bertz CT molecular complexity index is 879. The molecule has 0 fully saturated rings. The number of hydrogen-bond donors (Lipinski definition) is 2. The minimum absolute atomic E-state index is 0.172. The first-order valence-corrected chi connectivity index (χ1v) is 7.44.